The molecule has 0 aliphatic carbocycles. The van der Waals surface area contributed by atoms with E-state index in [1.54, 1.807) is 4.90 Å². The number of hydrogen-bond acceptors (Lipinski definition) is 4. The fourth-order valence-corrected chi connectivity index (χ4v) is 4.38. The molecule has 3 aliphatic rings. The molecule has 0 bridgehead atoms. The van der Waals surface area contributed by atoms with E-state index < -0.39 is 5.54 Å². The van der Waals surface area contributed by atoms with Crippen LogP contribution in [0.1, 0.15) is 25.3 Å². The van der Waals surface area contributed by atoms with Gasteiger partial charge in [-0.3, -0.25) is 14.9 Å². The summed E-state index contributed by atoms with van der Waals surface area (Å²) in [6.07, 6.45) is 1.64. The van der Waals surface area contributed by atoms with Gasteiger partial charge in [-0.05, 0) is 37.8 Å². The number of nitrogens with zero attached hydrogens (tertiary/aromatic N) is 2. The molecule has 1 aromatic carbocycles. The second-order valence-electron chi connectivity index (χ2n) is 7.18. The summed E-state index contributed by atoms with van der Waals surface area (Å²) in [7, 11) is 0. The van der Waals surface area contributed by atoms with Crippen LogP contribution in [0.2, 0.25) is 0 Å². The van der Waals surface area contributed by atoms with Crippen LogP contribution < -0.4 is 10.1 Å². The van der Waals surface area contributed by atoms with Crippen molar-refractivity contribution in [2.24, 2.45) is 5.92 Å². The van der Waals surface area contributed by atoms with Crippen LogP contribution in [0.25, 0.3) is 0 Å². The standard InChI is InChI=1S/C19H23N3O4/c1-2-22-18(25)20-17(24)19(22)7-9-21(10-8-19)16(23)14-11-13-5-3-4-6-15(13)26-12-14/h3-6,14H,2,7-12H2,1H3,(H,20,24,25)/t14-/m1/s1. The molecule has 7 heteroatoms. The van der Waals surface area contributed by atoms with Crippen molar-refractivity contribution in [1.29, 1.82) is 0 Å². The average Bonchev–Trinajstić information content (AvgIpc) is 2.90. The zero-order chi connectivity index (χ0) is 18.3. The Morgan fingerprint density at radius 3 is 2.73 bits per heavy atom. The lowest BCUT2D eigenvalue weighted by atomic mass is 9.85. The van der Waals surface area contributed by atoms with Crippen molar-refractivity contribution in [3.8, 4) is 5.75 Å². The highest BCUT2D eigenvalue weighted by Crippen LogP contribution is 2.34. The van der Waals surface area contributed by atoms with Crippen LogP contribution in [-0.2, 0) is 16.0 Å². The van der Waals surface area contributed by atoms with Crippen molar-refractivity contribution in [1.82, 2.24) is 15.1 Å². The number of urea groups is 1. The van der Waals surface area contributed by atoms with E-state index in [0.29, 0.717) is 45.5 Å². The number of imide groups is 1. The second-order valence-corrected chi connectivity index (χ2v) is 7.18. The Balaban J connectivity index is 1.43. The number of benzene rings is 1. The van der Waals surface area contributed by atoms with Gasteiger partial charge in [0.25, 0.3) is 5.91 Å². The molecule has 138 valence electrons. The molecule has 1 spiro atoms. The van der Waals surface area contributed by atoms with Crippen LogP contribution in [-0.4, -0.2) is 59.4 Å². The average molecular weight is 357 g/mol. The van der Waals surface area contributed by atoms with E-state index in [-0.39, 0.29) is 23.8 Å². The van der Waals surface area contributed by atoms with Crippen LogP contribution in [0.15, 0.2) is 24.3 Å². The Labute approximate surface area is 152 Å². The number of piperidine rings is 1. The number of nitrogens with one attached hydrogen (secondary N) is 1. The SMILES string of the molecule is CCN1C(=O)NC(=O)C12CCN(C(=O)[C@H]1COc3ccccc3C1)CC2. The van der Waals surface area contributed by atoms with Gasteiger partial charge in [-0.25, -0.2) is 4.79 Å². The van der Waals surface area contributed by atoms with Gasteiger partial charge in [0.1, 0.15) is 17.9 Å². The van der Waals surface area contributed by atoms with E-state index in [9.17, 15) is 14.4 Å². The summed E-state index contributed by atoms with van der Waals surface area (Å²) in [4.78, 5) is 40.7. The quantitative estimate of drug-likeness (QED) is 0.806. The molecule has 1 N–H and O–H groups in total. The van der Waals surface area contributed by atoms with Gasteiger partial charge in [0, 0.05) is 19.6 Å². The first-order valence-corrected chi connectivity index (χ1v) is 9.17. The van der Waals surface area contributed by atoms with E-state index in [1.807, 2.05) is 36.1 Å². The summed E-state index contributed by atoms with van der Waals surface area (Å²) in [6.45, 7) is 3.70. The summed E-state index contributed by atoms with van der Waals surface area (Å²) in [6, 6.07) is 7.48. The molecule has 1 aromatic rings. The molecule has 0 saturated carbocycles. The number of para-hydroxylation sites is 1. The Hall–Kier alpha value is -2.57. The minimum absolute atomic E-state index is 0.0714. The first-order chi connectivity index (χ1) is 12.5. The first-order valence-electron chi connectivity index (χ1n) is 9.17. The highest BCUT2D eigenvalue weighted by molar-refractivity contribution is 6.07. The number of rotatable bonds is 2. The molecular weight excluding hydrogens is 334 g/mol. The number of likely N-dealkylation sites (tertiary alicyclic amines) is 1. The molecule has 0 unspecified atom stereocenters. The van der Waals surface area contributed by atoms with E-state index in [0.717, 1.165) is 11.3 Å². The fourth-order valence-electron chi connectivity index (χ4n) is 4.38. The summed E-state index contributed by atoms with van der Waals surface area (Å²) in [5.74, 6) is 0.502. The van der Waals surface area contributed by atoms with E-state index in [4.69, 9.17) is 4.74 Å². The minimum Gasteiger partial charge on any atom is -0.492 e. The highest BCUT2D eigenvalue weighted by atomic mass is 16.5. The predicted molar refractivity (Wildman–Crippen MR) is 93.6 cm³/mol. The molecule has 4 amide bonds. The van der Waals surface area contributed by atoms with E-state index >= 15 is 0 Å². The maximum atomic E-state index is 12.9. The molecule has 3 aliphatic heterocycles. The maximum Gasteiger partial charge on any atom is 0.325 e. The van der Waals surface area contributed by atoms with Gasteiger partial charge in [0.05, 0.1) is 5.92 Å². The van der Waals surface area contributed by atoms with Gasteiger partial charge in [-0.15, -0.1) is 0 Å². The van der Waals surface area contributed by atoms with Crippen molar-refractivity contribution in [3.63, 3.8) is 0 Å². The van der Waals surface area contributed by atoms with Crippen molar-refractivity contribution >= 4 is 17.8 Å². The number of likely N-dealkylation sites (N-methyl/N-ethyl adjacent to an activating group) is 1. The largest absolute Gasteiger partial charge is 0.492 e. The van der Waals surface area contributed by atoms with Crippen molar-refractivity contribution < 1.29 is 19.1 Å². The lowest BCUT2D eigenvalue weighted by Gasteiger charge is -2.42. The smallest absolute Gasteiger partial charge is 0.325 e. The lowest BCUT2D eigenvalue weighted by Crippen LogP contribution is -2.58. The molecule has 3 heterocycles. The number of hydrogen-bond donors (Lipinski definition) is 1. The van der Waals surface area contributed by atoms with E-state index in [2.05, 4.69) is 5.32 Å². The number of carbonyl (C=O) groups is 3. The fraction of sp³-hybridized carbons (Fsp3) is 0.526. The Bertz CT molecular complexity index is 755. The van der Waals surface area contributed by atoms with E-state index in [1.165, 1.54) is 0 Å². The van der Waals surface area contributed by atoms with Crippen LogP contribution in [0, 0.1) is 5.92 Å². The van der Waals surface area contributed by atoms with Crippen molar-refractivity contribution in [3.05, 3.63) is 29.8 Å². The third kappa shape index (κ3) is 2.53. The molecule has 0 aromatic heterocycles. The Morgan fingerprint density at radius 2 is 2.00 bits per heavy atom. The topological polar surface area (TPSA) is 79.0 Å². The zero-order valence-corrected chi connectivity index (χ0v) is 14.9. The molecule has 7 nitrogen and oxygen atoms in total. The number of ether oxygens (including phenoxy) is 1. The molecular formula is C19H23N3O4. The first kappa shape index (κ1) is 16.9. The summed E-state index contributed by atoms with van der Waals surface area (Å²) in [5.41, 5.74) is 0.265. The highest BCUT2D eigenvalue weighted by Gasteiger charge is 2.53. The Morgan fingerprint density at radius 1 is 1.27 bits per heavy atom. The second kappa shape index (κ2) is 6.30. The van der Waals surface area contributed by atoms with Crippen LogP contribution >= 0.6 is 0 Å². The van der Waals surface area contributed by atoms with Gasteiger partial charge < -0.3 is 14.5 Å². The number of fused-ring (bicyclic) bond motifs is 1. The van der Waals surface area contributed by atoms with Crippen molar-refractivity contribution in [2.75, 3.05) is 26.2 Å². The third-order valence-corrected chi connectivity index (χ3v) is 5.85. The molecule has 1 atom stereocenters. The normalized spacial score (nSPS) is 24.3. The van der Waals surface area contributed by atoms with Gasteiger partial charge in [0.15, 0.2) is 0 Å². The van der Waals surface area contributed by atoms with Crippen LogP contribution in [0.5, 0.6) is 5.75 Å². The maximum absolute atomic E-state index is 12.9. The molecule has 2 saturated heterocycles. The van der Waals surface area contributed by atoms with Gasteiger partial charge in [0.2, 0.25) is 5.91 Å². The molecule has 0 radical (unpaired) electrons. The minimum atomic E-state index is -0.793. The van der Waals surface area contributed by atoms with Crippen LogP contribution in [0.4, 0.5) is 4.79 Å². The lowest BCUT2D eigenvalue weighted by molar-refractivity contribution is -0.142. The monoisotopic (exact) mass is 357 g/mol. The van der Waals surface area contributed by atoms with Gasteiger partial charge in [-0.2, -0.15) is 0 Å². The van der Waals surface area contributed by atoms with Crippen LogP contribution in [0.3, 0.4) is 0 Å². The van der Waals surface area contributed by atoms with Gasteiger partial charge >= 0.3 is 6.03 Å². The van der Waals surface area contributed by atoms with Crippen molar-refractivity contribution in [2.45, 2.75) is 31.7 Å². The molecule has 2 fully saturated rings. The third-order valence-electron chi connectivity index (χ3n) is 5.85. The Kier molecular flexibility index (Phi) is 4.09. The summed E-state index contributed by atoms with van der Waals surface area (Å²) < 4.78 is 5.74. The molecule has 26 heavy (non-hydrogen) atoms. The number of amides is 4. The zero-order valence-electron chi connectivity index (χ0n) is 14.9. The summed E-state index contributed by atoms with van der Waals surface area (Å²) in [5, 5.41) is 2.42. The van der Waals surface area contributed by atoms with Gasteiger partial charge in [-0.1, -0.05) is 18.2 Å². The number of carbonyl (C=O) groups excluding carboxylic acids is 3. The molecule has 4 rings (SSSR count). The predicted octanol–water partition coefficient (Wildman–Crippen LogP) is 1.17. The summed E-state index contributed by atoms with van der Waals surface area (Å²) >= 11 is 0.